The van der Waals surface area contributed by atoms with Gasteiger partial charge in [0.05, 0.1) is 0 Å². The van der Waals surface area contributed by atoms with E-state index in [0.29, 0.717) is 11.5 Å². The molecule has 2 atom stereocenters. The van der Waals surface area contributed by atoms with Gasteiger partial charge >= 0.3 is 0 Å². The summed E-state index contributed by atoms with van der Waals surface area (Å²) in [4.78, 5) is 0. The first-order chi connectivity index (χ1) is 8.24. The smallest absolute Gasteiger partial charge is 0.00419 e. The van der Waals surface area contributed by atoms with Crippen molar-refractivity contribution in [1.29, 1.82) is 0 Å². The molecule has 3 N–H and O–H groups in total. The predicted molar refractivity (Wildman–Crippen MR) is 74.0 cm³/mol. The summed E-state index contributed by atoms with van der Waals surface area (Å²) in [6, 6.07) is 0.474. The van der Waals surface area contributed by atoms with E-state index in [9.17, 15) is 0 Å². The van der Waals surface area contributed by atoms with Crippen LogP contribution in [0.3, 0.4) is 0 Å². The molecule has 2 nitrogen and oxygen atoms in total. The highest BCUT2D eigenvalue weighted by molar-refractivity contribution is 4.86. The molecule has 0 aromatic carbocycles. The van der Waals surface area contributed by atoms with Crippen molar-refractivity contribution in [2.24, 2.45) is 17.1 Å². The summed E-state index contributed by atoms with van der Waals surface area (Å²) in [6.07, 6.45) is 12.4. The molecule has 0 aliphatic heterocycles. The van der Waals surface area contributed by atoms with Gasteiger partial charge in [-0.25, -0.2) is 0 Å². The first-order valence-electron chi connectivity index (χ1n) is 7.70. The zero-order valence-corrected chi connectivity index (χ0v) is 11.5. The van der Waals surface area contributed by atoms with Crippen molar-refractivity contribution in [3.8, 4) is 0 Å². The van der Waals surface area contributed by atoms with E-state index in [0.717, 1.165) is 5.92 Å². The van der Waals surface area contributed by atoms with Crippen LogP contribution in [0.25, 0.3) is 0 Å². The number of nitrogens with one attached hydrogen (secondary N) is 1. The quantitative estimate of drug-likeness (QED) is 0.772. The average molecular weight is 238 g/mol. The molecule has 2 fully saturated rings. The summed E-state index contributed by atoms with van der Waals surface area (Å²) in [6.45, 7) is 4.81. The van der Waals surface area contributed by atoms with Gasteiger partial charge in [0.1, 0.15) is 0 Å². The largest absolute Gasteiger partial charge is 0.328 e. The Morgan fingerprint density at radius 2 is 1.94 bits per heavy atom. The second-order valence-electron chi connectivity index (χ2n) is 6.48. The fourth-order valence-corrected chi connectivity index (χ4v) is 3.84. The monoisotopic (exact) mass is 238 g/mol. The Morgan fingerprint density at radius 1 is 1.18 bits per heavy atom. The highest BCUT2D eigenvalue weighted by Gasteiger charge is 2.31. The highest BCUT2D eigenvalue weighted by Crippen LogP contribution is 2.40. The minimum absolute atomic E-state index is 0.474. The van der Waals surface area contributed by atoms with Crippen molar-refractivity contribution < 1.29 is 0 Å². The van der Waals surface area contributed by atoms with Crippen molar-refractivity contribution in [2.45, 2.75) is 70.8 Å². The van der Waals surface area contributed by atoms with Crippen LogP contribution in [0.15, 0.2) is 0 Å². The topological polar surface area (TPSA) is 38.0 Å². The van der Waals surface area contributed by atoms with Crippen molar-refractivity contribution in [2.75, 3.05) is 13.1 Å². The van der Waals surface area contributed by atoms with E-state index >= 15 is 0 Å². The van der Waals surface area contributed by atoms with E-state index in [4.69, 9.17) is 5.73 Å². The van der Waals surface area contributed by atoms with Crippen LogP contribution in [0.2, 0.25) is 0 Å². The molecule has 0 radical (unpaired) electrons. The van der Waals surface area contributed by atoms with E-state index in [2.05, 4.69) is 12.2 Å². The van der Waals surface area contributed by atoms with Crippen LogP contribution < -0.4 is 11.1 Å². The molecule has 0 amide bonds. The highest BCUT2D eigenvalue weighted by atomic mass is 14.9. The molecule has 2 saturated carbocycles. The van der Waals surface area contributed by atoms with Gasteiger partial charge in [0.15, 0.2) is 0 Å². The van der Waals surface area contributed by atoms with Crippen molar-refractivity contribution in [1.82, 2.24) is 5.32 Å². The minimum Gasteiger partial charge on any atom is -0.328 e. The second kappa shape index (κ2) is 6.19. The lowest BCUT2D eigenvalue weighted by Gasteiger charge is -2.31. The molecular weight excluding hydrogens is 208 g/mol. The average Bonchev–Trinajstić information content (AvgIpc) is 2.79. The van der Waals surface area contributed by atoms with E-state index in [1.54, 1.807) is 0 Å². The van der Waals surface area contributed by atoms with Gasteiger partial charge in [-0.2, -0.15) is 0 Å². The van der Waals surface area contributed by atoms with Gasteiger partial charge in [0.2, 0.25) is 0 Å². The van der Waals surface area contributed by atoms with Crippen molar-refractivity contribution >= 4 is 0 Å². The Balaban J connectivity index is 1.67. The lowest BCUT2D eigenvalue weighted by molar-refractivity contribution is 0.246. The van der Waals surface area contributed by atoms with Gasteiger partial charge < -0.3 is 11.1 Å². The zero-order chi connectivity index (χ0) is 12.1. The van der Waals surface area contributed by atoms with Gasteiger partial charge in [0, 0.05) is 12.6 Å². The third-order valence-electron chi connectivity index (χ3n) is 5.17. The maximum atomic E-state index is 6.04. The summed E-state index contributed by atoms with van der Waals surface area (Å²) < 4.78 is 0. The first-order valence-corrected chi connectivity index (χ1v) is 7.70. The molecule has 2 heteroatoms. The van der Waals surface area contributed by atoms with Crippen LogP contribution in [0.1, 0.15) is 64.7 Å². The van der Waals surface area contributed by atoms with Gasteiger partial charge in [0.25, 0.3) is 0 Å². The Hall–Kier alpha value is -0.0800. The predicted octanol–water partition coefficient (Wildman–Crippen LogP) is 3.06. The lowest BCUT2D eigenvalue weighted by Crippen LogP contribution is -2.37. The Bertz CT molecular complexity index is 221. The van der Waals surface area contributed by atoms with Gasteiger partial charge in [-0.3, -0.25) is 0 Å². The summed E-state index contributed by atoms with van der Waals surface area (Å²) in [5.74, 6) is 0.842. The number of hydrogen-bond acceptors (Lipinski definition) is 2. The fourth-order valence-electron chi connectivity index (χ4n) is 3.84. The summed E-state index contributed by atoms with van der Waals surface area (Å²) >= 11 is 0. The maximum Gasteiger partial charge on any atom is 0.00419 e. The van der Waals surface area contributed by atoms with Crippen molar-refractivity contribution in [3.63, 3.8) is 0 Å². The SMILES string of the molecule is CCC1(CNCC2CCCC(N)C2)CCCC1. The van der Waals surface area contributed by atoms with Gasteiger partial charge in [-0.1, -0.05) is 26.2 Å². The Morgan fingerprint density at radius 3 is 2.59 bits per heavy atom. The molecule has 0 bridgehead atoms. The van der Waals surface area contributed by atoms with Crippen molar-refractivity contribution in [3.05, 3.63) is 0 Å². The molecule has 2 unspecified atom stereocenters. The number of rotatable bonds is 5. The molecule has 100 valence electrons. The van der Waals surface area contributed by atoms with E-state index in [1.807, 2.05) is 0 Å². The minimum atomic E-state index is 0.474. The molecule has 2 aliphatic carbocycles. The standard InChI is InChI=1S/C15H30N2/c1-2-15(8-3-4-9-15)12-17-11-13-6-5-7-14(16)10-13/h13-14,17H,2-12,16H2,1H3. The molecule has 0 heterocycles. The van der Waals surface area contributed by atoms with Crippen LogP contribution >= 0.6 is 0 Å². The summed E-state index contributed by atoms with van der Waals surface area (Å²) in [7, 11) is 0. The molecule has 17 heavy (non-hydrogen) atoms. The van der Waals surface area contributed by atoms with Gasteiger partial charge in [-0.05, 0) is 56.4 Å². The fraction of sp³-hybridized carbons (Fsp3) is 1.00. The van der Waals surface area contributed by atoms with E-state index in [1.165, 1.54) is 70.9 Å². The van der Waals surface area contributed by atoms with E-state index < -0.39 is 0 Å². The third kappa shape index (κ3) is 3.69. The maximum absolute atomic E-state index is 6.04. The molecule has 0 saturated heterocycles. The Kier molecular flexibility index (Phi) is 4.87. The zero-order valence-electron chi connectivity index (χ0n) is 11.5. The third-order valence-corrected chi connectivity index (χ3v) is 5.17. The Labute approximate surface area is 107 Å². The summed E-state index contributed by atoms with van der Waals surface area (Å²) in [5.41, 5.74) is 6.68. The van der Waals surface area contributed by atoms with E-state index in [-0.39, 0.29) is 0 Å². The number of hydrogen-bond donors (Lipinski definition) is 2. The normalized spacial score (nSPS) is 32.8. The lowest BCUT2D eigenvalue weighted by atomic mass is 9.82. The molecule has 2 aliphatic rings. The van der Waals surface area contributed by atoms with Crippen LogP contribution in [0, 0.1) is 11.3 Å². The molecule has 0 aromatic heterocycles. The van der Waals surface area contributed by atoms with Crippen LogP contribution in [0.4, 0.5) is 0 Å². The molecule has 2 rings (SSSR count). The molecule has 0 spiro atoms. The number of nitrogens with two attached hydrogens (primary N) is 1. The van der Waals surface area contributed by atoms with Crippen LogP contribution in [-0.2, 0) is 0 Å². The first kappa shape index (κ1) is 13.4. The van der Waals surface area contributed by atoms with Crippen LogP contribution in [-0.4, -0.2) is 19.1 Å². The molecule has 0 aromatic rings. The van der Waals surface area contributed by atoms with Gasteiger partial charge in [-0.15, -0.1) is 0 Å². The second-order valence-corrected chi connectivity index (χ2v) is 6.48. The van der Waals surface area contributed by atoms with Crippen LogP contribution in [0.5, 0.6) is 0 Å². The molecular formula is C15H30N2. The summed E-state index contributed by atoms with van der Waals surface area (Å²) in [5, 5.41) is 3.75.